The molecule has 16 aromatic rings. The topological polar surface area (TPSA) is 103 Å². The number of aromatic nitrogens is 8. The molecule has 16 heteroatoms. The number of nitrogens with zero attached hydrogens (tertiary/aromatic N) is 8. The van der Waals surface area contributed by atoms with Gasteiger partial charge in [0, 0.05) is 128 Å². The maximum atomic E-state index is 4.70. The normalized spacial score (nSPS) is 10.9. The van der Waals surface area contributed by atoms with Crippen molar-refractivity contribution in [1.82, 2.24) is 39.9 Å². The minimum absolute atomic E-state index is 0. The SMILES string of the molecule is CC(C)Cc1cc(-c2[c-]cccc2)ncc1[Si](C)(C)C.CC(C)c1cc(-c2[c-]cccc2)ncc1[Si](C)(C)C.CCC(C)c1cc(-c2[c-]cccc2)ncc1[Si](C)(C)C.CCc1cc(-c2[c-]cccc2)ncc1[Si](C)(C)C.Cc1cccc(-c2[c-]cccc2)n1.Cc1cccc(-c2[c-]cccc2)n1.Cc1cccc(-c2[c-]cccc2)n1.Cc1cccc(-c2[c-]cccc2)n1.[Ir].[Ir].[Ir].[Ir]. The molecule has 0 aliphatic rings. The third-order valence-corrected chi connectivity index (χ3v) is 29.5. The minimum atomic E-state index is -1.35. The van der Waals surface area contributed by atoms with Crippen molar-refractivity contribution >= 4 is 53.0 Å². The van der Waals surface area contributed by atoms with Crippen LogP contribution in [0.5, 0.6) is 0 Å². The van der Waals surface area contributed by atoms with Gasteiger partial charge >= 0.3 is 0 Å². The van der Waals surface area contributed by atoms with Crippen molar-refractivity contribution in [3.05, 3.63) is 410 Å². The Bertz CT molecular complexity index is 5720. The molecule has 1 atom stereocenters. The van der Waals surface area contributed by atoms with Gasteiger partial charge in [-0.3, -0.25) is 0 Å². The molecular formula is C117H130Ir4N8Si4-8. The van der Waals surface area contributed by atoms with Gasteiger partial charge in [-0.1, -0.05) is 222 Å². The Labute approximate surface area is 856 Å². The summed E-state index contributed by atoms with van der Waals surface area (Å²) < 4.78 is 0. The predicted molar refractivity (Wildman–Crippen MR) is 560 cm³/mol. The average molecular weight is 2530 g/mol. The standard InChI is InChI=1S/2C18H24NSi.C17H22NSi.C16H20NSi.4C12H10N.4Ir/c1-14(2)11-16-12-17(15-9-7-6-8-10-15)19-13-18(16)20(3,4)5;1-6-14(2)16-12-17(15-10-8-7-9-11-15)19-13-18(16)20(3,4)5;1-13(2)15-11-16(14-9-7-6-8-10-14)18-12-17(15)19(3,4)5;1-5-13-11-15(14-9-7-6-8-10-14)17-12-16(13)18(2,3)4;4*1-10-6-5-9-12(13-10)11-7-3-2-4-8-11;;;;/h6-9,12-14H,11H2,1-5H3;7-10,12-14H,6H2,1-5H3;6-9,11-13H,1-5H3;6-9,11-12H,5H2,1-4H3;4*2-7,9H,1H3;;;;/q8*-1;;;;. The van der Waals surface area contributed by atoms with E-state index in [-0.39, 0.29) is 80.4 Å². The molecule has 8 aromatic carbocycles. The first kappa shape index (κ1) is 114. The molecule has 8 aromatic heterocycles. The van der Waals surface area contributed by atoms with Crippen LogP contribution in [-0.4, -0.2) is 72.2 Å². The number of pyridine rings is 8. The Morgan fingerprint density at radius 1 is 0.256 bits per heavy atom. The Hall–Kier alpha value is -9.58. The monoisotopic (exact) mass is 2530 g/mol. The first-order chi connectivity index (χ1) is 61.7. The molecule has 0 spiro atoms. The zero-order valence-electron chi connectivity index (χ0n) is 81.8. The van der Waals surface area contributed by atoms with Crippen LogP contribution in [0.1, 0.15) is 112 Å². The van der Waals surface area contributed by atoms with Crippen molar-refractivity contribution in [3.8, 4) is 90.1 Å². The maximum absolute atomic E-state index is 4.70. The molecule has 0 amide bonds. The van der Waals surface area contributed by atoms with Crippen molar-refractivity contribution in [1.29, 1.82) is 0 Å². The van der Waals surface area contributed by atoms with Crippen molar-refractivity contribution in [2.45, 2.75) is 186 Å². The number of hydrogen-bond acceptors (Lipinski definition) is 8. The largest absolute Gasteiger partial charge is 0.305 e. The van der Waals surface area contributed by atoms with E-state index >= 15 is 0 Å². The molecule has 0 aliphatic heterocycles. The first-order valence-corrected chi connectivity index (χ1v) is 59.2. The van der Waals surface area contributed by atoms with Crippen LogP contribution in [-0.2, 0) is 93.3 Å². The van der Waals surface area contributed by atoms with Gasteiger partial charge in [0.05, 0.1) is 32.3 Å². The summed E-state index contributed by atoms with van der Waals surface area (Å²) in [6, 6.07) is 122. The summed E-state index contributed by atoms with van der Waals surface area (Å²) in [6.07, 6.45) is 11.8. The molecule has 133 heavy (non-hydrogen) atoms. The third-order valence-electron chi connectivity index (χ3n) is 21.3. The minimum Gasteiger partial charge on any atom is -0.305 e. The number of benzene rings is 8. The predicted octanol–water partition coefficient (Wildman–Crippen LogP) is 28.2. The van der Waals surface area contributed by atoms with E-state index in [1.165, 1.54) is 49.4 Å². The zero-order valence-corrected chi connectivity index (χ0v) is 95.4. The van der Waals surface area contributed by atoms with Crippen LogP contribution >= 0.6 is 0 Å². The van der Waals surface area contributed by atoms with Crippen LogP contribution in [0.3, 0.4) is 0 Å². The fourth-order valence-electron chi connectivity index (χ4n) is 14.3. The van der Waals surface area contributed by atoms with Crippen LogP contribution in [0.4, 0.5) is 0 Å². The number of hydrogen-bond donors (Lipinski definition) is 0. The Kier molecular flexibility index (Phi) is 48.6. The molecule has 0 bridgehead atoms. The van der Waals surface area contributed by atoms with Crippen molar-refractivity contribution < 1.29 is 80.4 Å². The van der Waals surface area contributed by atoms with Gasteiger partial charge in [0.15, 0.2) is 0 Å². The molecule has 0 N–H and O–H groups in total. The Morgan fingerprint density at radius 2 is 0.481 bits per heavy atom. The van der Waals surface area contributed by atoms with Crippen LogP contribution in [0.15, 0.2) is 316 Å². The Morgan fingerprint density at radius 3 is 0.699 bits per heavy atom. The van der Waals surface area contributed by atoms with E-state index in [4.69, 9.17) is 4.98 Å². The first-order valence-electron chi connectivity index (χ1n) is 45.2. The van der Waals surface area contributed by atoms with Crippen LogP contribution in [0.25, 0.3) is 90.1 Å². The summed E-state index contributed by atoms with van der Waals surface area (Å²) in [5.41, 5.74) is 26.6. The summed E-state index contributed by atoms with van der Waals surface area (Å²) in [5.74, 6) is 1.79. The van der Waals surface area contributed by atoms with Crippen LogP contribution < -0.4 is 20.7 Å². The van der Waals surface area contributed by atoms with Gasteiger partial charge in [-0.05, 0) is 155 Å². The van der Waals surface area contributed by atoms with Gasteiger partial charge in [-0.2, -0.15) is 0 Å². The van der Waals surface area contributed by atoms with E-state index in [9.17, 15) is 0 Å². The molecule has 0 saturated heterocycles. The zero-order chi connectivity index (χ0) is 93.1. The molecule has 8 nitrogen and oxygen atoms in total. The van der Waals surface area contributed by atoms with Crippen LogP contribution in [0.2, 0.25) is 78.6 Å². The van der Waals surface area contributed by atoms with Gasteiger partial charge in [-0.15, -0.1) is 287 Å². The van der Waals surface area contributed by atoms with Gasteiger partial charge in [0.2, 0.25) is 0 Å². The van der Waals surface area contributed by atoms with Gasteiger partial charge in [0.25, 0.3) is 0 Å². The van der Waals surface area contributed by atoms with E-state index in [2.05, 4.69) is 284 Å². The fourth-order valence-corrected chi connectivity index (χ4v) is 20.9. The van der Waals surface area contributed by atoms with Crippen molar-refractivity contribution in [2.24, 2.45) is 5.92 Å². The molecule has 0 fully saturated rings. The van der Waals surface area contributed by atoms with Gasteiger partial charge in [0.1, 0.15) is 0 Å². The van der Waals surface area contributed by atoms with Gasteiger partial charge in [-0.25, -0.2) is 0 Å². The molecular weight excluding hydrogens is 2400 g/mol. The maximum Gasteiger partial charge on any atom is 0.0799 e. The summed E-state index contributed by atoms with van der Waals surface area (Å²) in [4.78, 5) is 36.3. The summed E-state index contributed by atoms with van der Waals surface area (Å²) in [7, 11) is -5.33. The average Bonchev–Trinajstić information content (AvgIpc) is 0.800. The van der Waals surface area contributed by atoms with E-state index in [0.29, 0.717) is 17.8 Å². The second-order valence-electron chi connectivity index (χ2n) is 37.0. The van der Waals surface area contributed by atoms with Crippen LogP contribution in [0, 0.1) is 82.1 Å². The molecule has 0 saturated carbocycles. The van der Waals surface area contributed by atoms with Gasteiger partial charge < -0.3 is 39.9 Å². The molecule has 16 rings (SSSR count). The Balaban J connectivity index is 0.000000269. The molecule has 1 unspecified atom stereocenters. The van der Waals surface area contributed by atoms with Crippen molar-refractivity contribution in [2.75, 3.05) is 0 Å². The smallest absolute Gasteiger partial charge is 0.0799 e. The quantitative estimate of drug-likeness (QED) is 0.0618. The second kappa shape index (κ2) is 56.7. The molecule has 0 aliphatic carbocycles. The molecule has 8 heterocycles. The van der Waals surface area contributed by atoms with E-state index in [0.717, 1.165) is 126 Å². The number of rotatable bonds is 18. The molecule has 698 valence electrons. The fraction of sp³-hybridized carbons (Fsp3) is 0.248. The summed E-state index contributed by atoms with van der Waals surface area (Å²) in [6.45, 7) is 52.5. The summed E-state index contributed by atoms with van der Waals surface area (Å²) in [5, 5.41) is 5.93. The van der Waals surface area contributed by atoms with E-state index in [1.54, 1.807) is 0 Å². The third kappa shape index (κ3) is 37.2. The van der Waals surface area contributed by atoms with Crippen molar-refractivity contribution in [3.63, 3.8) is 0 Å². The van der Waals surface area contributed by atoms with E-state index < -0.39 is 32.3 Å². The number of aryl methyl sites for hydroxylation is 5. The summed E-state index contributed by atoms with van der Waals surface area (Å²) >= 11 is 0. The molecule has 4 radical (unpaired) electrons. The second-order valence-corrected chi connectivity index (χ2v) is 57.2. The van der Waals surface area contributed by atoms with E-state index in [1.807, 2.05) is 270 Å².